The van der Waals surface area contributed by atoms with Gasteiger partial charge in [-0.3, -0.25) is 14.9 Å². The number of non-ortho nitro benzene ring substituents is 1. The molecule has 7 nitrogen and oxygen atoms in total. The van der Waals surface area contributed by atoms with Crippen molar-refractivity contribution >= 4 is 17.8 Å². The topological polar surface area (TPSA) is 93.8 Å². The second kappa shape index (κ2) is 7.00. The van der Waals surface area contributed by atoms with E-state index in [1.165, 1.54) is 24.3 Å². The first-order chi connectivity index (χ1) is 8.63. The third-order valence-electron chi connectivity index (χ3n) is 1.88. The van der Waals surface area contributed by atoms with Gasteiger partial charge in [0.15, 0.2) is 6.61 Å². The number of nitrogens with zero attached hydrogens (tertiary/aromatic N) is 2. The Hall–Kier alpha value is -2.44. The number of carbonyl (C=O) groups excluding carboxylic acids is 1. The zero-order valence-electron chi connectivity index (χ0n) is 9.83. The van der Waals surface area contributed by atoms with Crippen molar-refractivity contribution in [3.05, 3.63) is 34.4 Å². The number of rotatable bonds is 6. The Labute approximate surface area is 104 Å². The molecule has 0 aromatic heterocycles. The minimum absolute atomic E-state index is 0.0284. The summed E-state index contributed by atoms with van der Waals surface area (Å²) in [5, 5.41) is 14.1. The summed E-state index contributed by atoms with van der Waals surface area (Å²) >= 11 is 0. The van der Waals surface area contributed by atoms with E-state index in [1.54, 1.807) is 6.21 Å². The highest BCUT2D eigenvalue weighted by Crippen LogP contribution is 2.16. The fraction of sp³-hybridized carbons (Fsp3) is 0.273. The number of nitro groups is 1. The van der Waals surface area contributed by atoms with Crippen LogP contribution in [0.25, 0.3) is 0 Å². The molecule has 0 spiro atoms. The number of nitro benzene ring substituents is 1. The monoisotopic (exact) mass is 251 g/mol. The van der Waals surface area contributed by atoms with Crippen LogP contribution in [0.4, 0.5) is 5.69 Å². The van der Waals surface area contributed by atoms with Crippen molar-refractivity contribution in [2.24, 2.45) is 5.10 Å². The van der Waals surface area contributed by atoms with Gasteiger partial charge in [-0.05, 0) is 18.6 Å². The van der Waals surface area contributed by atoms with Crippen LogP contribution in [0.5, 0.6) is 5.75 Å². The molecule has 0 saturated carbocycles. The highest BCUT2D eigenvalue weighted by molar-refractivity contribution is 5.78. The zero-order valence-corrected chi connectivity index (χ0v) is 9.83. The van der Waals surface area contributed by atoms with E-state index >= 15 is 0 Å². The smallest absolute Gasteiger partial charge is 0.277 e. The van der Waals surface area contributed by atoms with Crippen LogP contribution in [0.2, 0.25) is 0 Å². The highest BCUT2D eigenvalue weighted by atomic mass is 16.6. The van der Waals surface area contributed by atoms with E-state index in [0.29, 0.717) is 5.75 Å². The molecule has 0 bridgehead atoms. The summed E-state index contributed by atoms with van der Waals surface area (Å²) in [4.78, 5) is 21.1. The lowest BCUT2D eigenvalue weighted by Crippen LogP contribution is -2.24. The van der Waals surface area contributed by atoms with Crippen LogP contribution in [0.15, 0.2) is 29.4 Å². The Morgan fingerprint density at radius 1 is 1.50 bits per heavy atom. The summed E-state index contributed by atoms with van der Waals surface area (Å²) in [6, 6.07) is 5.48. The molecule has 0 aliphatic rings. The number of nitrogens with one attached hydrogen (secondary N) is 1. The largest absolute Gasteiger partial charge is 0.484 e. The summed E-state index contributed by atoms with van der Waals surface area (Å²) in [6.07, 6.45) is 2.28. The molecule has 0 unspecified atom stereocenters. The van der Waals surface area contributed by atoms with Gasteiger partial charge in [-0.15, -0.1) is 0 Å². The van der Waals surface area contributed by atoms with E-state index < -0.39 is 10.8 Å². The molecule has 1 aromatic rings. The second-order valence-electron chi connectivity index (χ2n) is 3.29. The molecule has 0 aliphatic heterocycles. The first-order valence-electron chi connectivity index (χ1n) is 5.31. The Kier molecular flexibility index (Phi) is 5.30. The fourth-order valence-corrected chi connectivity index (χ4v) is 1.05. The van der Waals surface area contributed by atoms with Gasteiger partial charge < -0.3 is 4.74 Å². The van der Waals surface area contributed by atoms with Crippen molar-refractivity contribution in [1.82, 2.24) is 5.43 Å². The molecule has 0 atom stereocenters. The Balaban J connectivity index is 2.41. The minimum Gasteiger partial charge on any atom is -0.484 e. The normalized spacial score (nSPS) is 10.3. The Bertz CT molecular complexity index is 442. The molecule has 7 heteroatoms. The predicted molar refractivity (Wildman–Crippen MR) is 65.5 cm³/mol. The second-order valence-corrected chi connectivity index (χ2v) is 3.29. The maximum absolute atomic E-state index is 11.2. The van der Waals surface area contributed by atoms with Gasteiger partial charge in [-0.25, -0.2) is 5.43 Å². The average Bonchev–Trinajstić information content (AvgIpc) is 2.37. The molecule has 0 radical (unpaired) electrons. The lowest BCUT2D eigenvalue weighted by Gasteiger charge is -2.04. The molecule has 1 rings (SSSR count). The number of amides is 1. The van der Waals surface area contributed by atoms with E-state index in [1.807, 2.05) is 6.92 Å². The number of carbonyl (C=O) groups is 1. The molecule has 0 fully saturated rings. The van der Waals surface area contributed by atoms with Crippen molar-refractivity contribution < 1.29 is 14.5 Å². The van der Waals surface area contributed by atoms with Crippen LogP contribution in [-0.2, 0) is 4.79 Å². The maximum atomic E-state index is 11.2. The van der Waals surface area contributed by atoms with Crippen molar-refractivity contribution in [2.45, 2.75) is 13.3 Å². The van der Waals surface area contributed by atoms with Crippen molar-refractivity contribution in [2.75, 3.05) is 6.61 Å². The molecule has 18 heavy (non-hydrogen) atoms. The molecular weight excluding hydrogens is 238 g/mol. The third kappa shape index (κ3) is 4.60. The standard InChI is InChI=1S/C11H13N3O4/c1-2-7-12-13-11(15)8-18-10-5-3-9(4-6-10)14(16)17/h3-7H,2,8H2,1H3,(H,13,15)/b12-7-. The quantitative estimate of drug-likeness (QED) is 0.470. The van der Waals surface area contributed by atoms with Crippen LogP contribution in [0.3, 0.4) is 0 Å². The summed E-state index contributed by atoms with van der Waals surface area (Å²) in [5.74, 6) is -0.00623. The molecular formula is C11H13N3O4. The summed E-state index contributed by atoms with van der Waals surface area (Å²) in [5.41, 5.74) is 2.25. The number of hydrazone groups is 1. The third-order valence-corrected chi connectivity index (χ3v) is 1.88. The van der Waals surface area contributed by atoms with Crippen LogP contribution in [0.1, 0.15) is 13.3 Å². The number of ether oxygens (including phenoxy) is 1. The minimum atomic E-state index is -0.504. The molecule has 0 heterocycles. The van der Waals surface area contributed by atoms with E-state index in [4.69, 9.17) is 4.74 Å². The molecule has 1 aromatic carbocycles. The van der Waals surface area contributed by atoms with Gasteiger partial charge in [0, 0.05) is 18.3 Å². The SMILES string of the molecule is CC/C=N\NC(=O)COc1ccc([N+](=O)[O-])cc1. The van der Waals surface area contributed by atoms with Gasteiger partial charge in [-0.2, -0.15) is 5.10 Å². The summed E-state index contributed by atoms with van der Waals surface area (Å²) < 4.78 is 5.12. The van der Waals surface area contributed by atoms with Crippen LogP contribution in [-0.4, -0.2) is 23.7 Å². The van der Waals surface area contributed by atoms with Crippen molar-refractivity contribution in [3.8, 4) is 5.75 Å². The van der Waals surface area contributed by atoms with Gasteiger partial charge in [0.05, 0.1) is 4.92 Å². The lowest BCUT2D eigenvalue weighted by atomic mass is 10.3. The van der Waals surface area contributed by atoms with Crippen molar-refractivity contribution in [3.63, 3.8) is 0 Å². The zero-order chi connectivity index (χ0) is 13.4. The predicted octanol–water partition coefficient (Wildman–Crippen LogP) is 1.49. The number of hydrogen-bond acceptors (Lipinski definition) is 5. The lowest BCUT2D eigenvalue weighted by molar-refractivity contribution is -0.384. The van der Waals surface area contributed by atoms with Crippen LogP contribution < -0.4 is 10.2 Å². The molecule has 1 N–H and O–H groups in total. The maximum Gasteiger partial charge on any atom is 0.277 e. The van der Waals surface area contributed by atoms with Crippen molar-refractivity contribution in [1.29, 1.82) is 0 Å². The van der Waals surface area contributed by atoms with Gasteiger partial charge >= 0.3 is 0 Å². The number of benzene rings is 1. The van der Waals surface area contributed by atoms with E-state index in [9.17, 15) is 14.9 Å². The summed E-state index contributed by atoms with van der Waals surface area (Å²) in [6.45, 7) is 1.70. The van der Waals surface area contributed by atoms with Gasteiger partial charge in [-0.1, -0.05) is 6.92 Å². The molecule has 0 saturated heterocycles. The molecule has 1 amide bonds. The fourth-order valence-electron chi connectivity index (χ4n) is 1.05. The van der Waals surface area contributed by atoms with E-state index in [0.717, 1.165) is 6.42 Å². The Morgan fingerprint density at radius 3 is 2.72 bits per heavy atom. The highest BCUT2D eigenvalue weighted by Gasteiger charge is 2.05. The van der Waals surface area contributed by atoms with E-state index in [-0.39, 0.29) is 12.3 Å². The first-order valence-corrected chi connectivity index (χ1v) is 5.31. The van der Waals surface area contributed by atoms with Gasteiger partial charge in [0.2, 0.25) is 0 Å². The molecule has 96 valence electrons. The van der Waals surface area contributed by atoms with Gasteiger partial charge in [0.1, 0.15) is 5.75 Å². The molecule has 0 aliphatic carbocycles. The van der Waals surface area contributed by atoms with Crippen LogP contribution >= 0.6 is 0 Å². The van der Waals surface area contributed by atoms with Crippen LogP contribution in [0, 0.1) is 10.1 Å². The van der Waals surface area contributed by atoms with E-state index in [2.05, 4.69) is 10.5 Å². The average molecular weight is 251 g/mol. The summed E-state index contributed by atoms with van der Waals surface area (Å²) in [7, 11) is 0. The van der Waals surface area contributed by atoms with Gasteiger partial charge in [0.25, 0.3) is 11.6 Å². The Morgan fingerprint density at radius 2 is 2.17 bits per heavy atom. The number of hydrogen-bond donors (Lipinski definition) is 1. The first kappa shape index (κ1) is 13.6.